The molecule has 0 N–H and O–H groups in total. The van der Waals surface area contributed by atoms with Crippen LogP contribution in [0.15, 0.2) is 18.2 Å². The fourth-order valence-corrected chi connectivity index (χ4v) is 2.30. The average molecular weight is 259 g/mol. The second-order valence-corrected chi connectivity index (χ2v) is 4.66. The van der Waals surface area contributed by atoms with Crippen LogP contribution in [-0.4, -0.2) is 14.2 Å². The first kappa shape index (κ1) is 15.4. The van der Waals surface area contributed by atoms with Crippen molar-refractivity contribution >= 4 is 0 Å². The van der Waals surface area contributed by atoms with E-state index in [0.29, 0.717) is 24.3 Å². The Kier molecular flexibility index (Phi) is 5.23. The van der Waals surface area contributed by atoms with Gasteiger partial charge in [-0.3, -0.25) is 0 Å². The van der Waals surface area contributed by atoms with Gasteiger partial charge in [0.15, 0.2) is 11.5 Å². The summed E-state index contributed by atoms with van der Waals surface area (Å²) in [6, 6.07) is 8.01. The van der Waals surface area contributed by atoms with Crippen LogP contribution in [0.4, 0.5) is 0 Å². The average Bonchev–Trinajstić information content (AvgIpc) is 2.43. The topological polar surface area (TPSA) is 42.2 Å². The second-order valence-electron chi connectivity index (χ2n) is 4.66. The summed E-state index contributed by atoms with van der Waals surface area (Å²) < 4.78 is 10.5. The van der Waals surface area contributed by atoms with Gasteiger partial charge in [0.1, 0.15) is 0 Å². The summed E-state index contributed by atoms with van der Waals surface area (Å²) in [5.74, 6) is 1.24. The van der Waals surface area contributed by atoms with Gasteiger partial charge in [0, 0.05) is 0 Å². The Morgan fingerprint density at radius 1 is 1.32 bits per heavy atom. The molecule has 2 radical (unpaired) electrons. The maximum absolute atomic E-state index is 9.63. The smallest absolute Gasteiger partial charge is 0.161 e. The third kappa shape index (κ3) is 2.84. The molecule has 1 rings (SSSR count). The van der Waals surface area contributed by atoms with Crippen molar-refractivity contribution in [3.63, 3.8) is 0 Å². The minimum absolute atomic E-state index is 0.0441. The minimum Gasteiger partial charge on any atom is -0.493 e. The lowest BCUT2D eigenvalue weighted by molar-refractivity contribution is 0.350. The van der Waals surface area contributed by atoms with Gasteiger partial charge in [-0.1, -0.05) is 26.3 Å². The number of nitrogens with zero attached hydrogens (tertiary/aromatic N) is 1. The molecule has 19 heavy (non-hydrogen) atoms. The number of benzene rings is 1. The molecule has 1 aromatic rings. The van der Waals surface area contributed by atoms with E-state index >= 15 is 0 Å². The van der Waals surface area contributed by atoms with Crippen LogP contribution >= 0.6 is 0 Å². The molecule has 0 aliphatic heterocycles. The van der Waals surface area contributed by atoms with Gasteiger partial charge in [0.25, 0.3) is 0 Å². The van der Waals surface area contributed by atoms with E-state index in [4.69, 9.17) is 9.47 Å². The van der Waals surface area contributed by atoms with Gasteiger partial charge < -0.3 is 9.47 Å². The molecule has 0 spiro atoms. The van der Waals surface area contributed by atoms with Crippen LogP contribution in [-0.2, 0) is 5.41 Å². The third-order valence-electron chi connectivity index (χ3n) is 3.51. The van der Waals surface area contributed by atoms with Crippen LogP contribution < -0.4 is 9.47 Å². The molecule has 2 unspecified atom stereocenters. The lowest BCUT2D eigenvalue weighted by Crippen LogP contribution is -2.30. The van der Waals surface area contributed by atoms with Crippen LogP contribution in [0.25, 0.3) is 0 Å². The molecule has 0 aromatic heterocycles. The van der Waals surface area contributed by atoms with Gasteiger partial charge >= 0.3 is 0 Å². The van der Waals surface area contributed by atoms with E-state index < -0.39 is 5.41 Å². The molecular formula is C16H21NO2. The van der Waals surface area contributed by atoms with Crippen molar-refractivity contribution in [2.45, 2.75) is 25.2 Å². The highest BCUT2D eigenvalue weighted by molar-refractivity contribution is 5.47. The molecule has 0 saturated carbocycles. The van der Waals surface area contributed by atoms with Crippen molar-refractivity contribution in [1.29, 1.82) is 5.26 Å². The Labute approximate surface area is 116 Å². The number of rotatable bonds is 6. The minimum atomic E-state index is -0.638. The number of ether oxygens (including phenoxy) is 2. The van der Waals surface area contributed by atoms with Gasteiger partial charge in [0.05, 0.1) is 25.7 Å². The molecule has 3 nitrogen and oxygen atoms in total. The first-order chi connectivity index (χ1) is 9.05. The van der Waals surface area contributed by atoms with Gasteiger partial charge in [-0.05, 0) is 37.0 Å². The predicted molar refractivity (Wildman–Crippen MR) is 75.9 cm³/mol. The highest BCUT2D eigenvalue weighted by atomic mass is 16.5. The van der Waals surface area contributed by atoms with Crippen molar-refractivity contribution < 1.29 is 9.47 Å². The molecule has 0 aliphatic carbocycles. The normalized spacial score (nSPS) is 13.7. The monoisotopic (exact) mass is 259 g/mol. The molecule has 0 aliphatic rings. The lowest BCUT2D eigenvalue weighted by atomic mass is 9.70. The fraction of sp³-hybridized carbons (Fsp3) is 0.438. The summed E-state index contributed by atoms with van der Waals surface area (Å²) >= 11 is 0. The van der Waals surface area contributed by atoms with Gasteiger partial charge in [0.2, 0.25) is 0 Å². The number of hydrogen-bond donors (Lipinski definition) is 0. The van der Waals surface area contributed by atoms with E-state index in [-0.39, 0.29) is 5.92 Å². The van der Waals surface area contributed by atoms with E-state index in [1.165, 1.54) is 0 Å². The molecule has 0 amide bonds. The molecule has 0 heterocycles. The van der Waals surface area contributed by atoms with Crippen LogP contribution in [0.5, 0.6) is 11.5 Å². The van der Waals surface area contributed by atoms with Crippen molar-refractivity contribution in [2.24, 2.45) is 5.92 Å². The molecular weight excluding hydrogens is 238 g/mol. The van der Waals surface area contributed by atoms with Gasteiger partial charge in [-0.25, -0.2) is 0 Å². The maximum atomic E-state index is 9.63. The Hall–Kier alpha value is -1.69. The lowest BCUT2D eigenvalue weighted by Gasteiger charge is -2.31. The van der Waals surface area contributed by atoms with Crippen LogP contribution in [0.1, 0.15) is 25.3 Å². The summed E-state index contributed by atoms with van der Waals surface area (Å²) in [7, 11) is 3.18. The van der Waals surface area contributed by atoms with Crippen molar-refractivity contribution in [3.05, 3.63) is 37.6 Å². The Bertz CT molecular complexity index is 462. The zero-order valence-electron chi connectivity index (χ0n) is 11.9. The van der Waals surface area contributed by atoms with E-state index in [9.17, 15) is 5.26 Å². The van der Waals surface area contributed by atoms with E-state index in [1.807, 2.05) is 25.1 Å². The highest BCUT2D eigenvalue weighted by Crippen LogP contribution is 2.40. The first-order valence-electron chi connectivity index (χ1n) is 6.31. The highest BCUT2D eigenvalue weighted by Gasteiger charge is 2.35. The van der Waals surface area contributed by atoms with Gasteiger partial charge in [-0.15, -0.1) is 0 Å². The number of nitriles is 1. The SMILES string of the molecule is [CH2]CCC(C#N)(c1ccc(OC)c(OC)c1)C([CH2])C. The van der Waals surface area contributed by atoms with E-state index in [1.54, 1.807) is 14.2 Å². The summed E-state index contributed by atoms with van der Waals surface area (Å²) in [6.07, 6.45) is 1.35. The quantitative estimate of drug-likeness (QED) is 0.784. The van der Waals surface area contributed by atoms with E-state index in [0.717, 1.165) is 5.56 Å². The van der Waals surface area contributed by atoms with Crippen LogP contribution in [0, 0.1) is 31.1 Å². The zero-order valence-corrected chi connectivity index (χ0v) is 11.9. The van der Waals surface area contributed by atoms with Crippen molar-refractivity contribution in [2.75, 3.05) is 14.2 Å². The molecule has 3 heteroatoms. The van der Waals surface area contributed by atoms with Crippen LogP contribution in [0.2, 0.25) is 0 Å². The fourth-order valence-electron chi connectivity index (χ4n) is 2.30. The standard InChI is InChI=1S/C16H21NO2/c1-6-9-16(11-17,12(2)3)13-7-8-14(18-4)15(10-13)19-5/h7-8,10,12H,1-2,6,9H2,3-5H3. The van der Waals surface area contributed by atoms with Crippen molar-refractivity contribution in [3.8, 4) is 17.6 Å². The molecule has 102 valence electrons. The zero-order chi connectivity index (χ0) is 14.5. The van der Waals surface area contributed by atoms with Gasteiger partial charge in [-0.2, -0.15) is 5.26 Å². The van der Waals surface area contributed by atoms with Crippen LogP contribution in [0.3, 0.4) is 0 Å². The largest absolute Gasteiger partial charge is 0.493 e. The predicted octanol–water partition coefficient (Wildman–Crippen LogP) is 3.55. The Morgan fingerprint density at radius 3 is 2.37 bits per heavy atom. The molecule has 0 saturated heterocycles. The Morgan fingerprint density at radius 2 is 1.95 bits per heavy atom. The molecule has 0 bridgehead atoms. The molecule has 2 atom stereocenters. The third-order valence-corrected chi connectivity index (χ3v) is 3.51. The maximum Gasteiger partial charge on any atom is 0.161 e. The molecule has 0 fully saturated rings. The van der Waals surface area contributed by atoms with E-state index in [2.05, 4.69) is 19.9 Å². The summed E-state index contributed by atoms with van der Waals surface area (Å²) in [6.45, 7) is 9.87. The number of methoxy groups -OCH3 is 2. The Balaban J connectivity index is 3.35. The van der Waals surface area contributed by atoms with Crippen molar-refractivity contribution in [1.82, 2.24) is 0 Å². The summed E-state index contributed by atoms with van der Waals surface area (Å²) in [5.41, 5.74) is 0.264. The first-order valence-corrected chi connectivity index (χ1v) is 6.31. The summed E-state index contributed by atoms with van der Waals surface area (Å²) in [5, 5.41) is 9.63. The second kappa shape index (κ2) is 6.47. The molecule has 1 aromatic carbocycles. The number of hydrogen-bond acceptors (Lipinski definition) is 3. The summed E-state index contributed by atoms with van der Waals surface area (Å²) in [4.78, 5) is 0.